The first-order valence-electron chi connectivity index (χ1n) is 8.22. The Morgan fingerprint density at radius 3 is 2.77 bits per heavy atom. The predicted molar refractivity (Wildman–Crippen MR) is 92.9 cm³/mol. The molecule has 0 saturated heterocycles. The highest BCUT2D eigenvalue weighted by molar-refractivity contribution is 5.95. The molecule has 0 fully saturated rings. The van der Waals surface area contributed by atoms with Crippen molar-refractivity contribution in [1.82, 2.24) is 5.32 Å². The molecule has 7 nitrogen and oxygen atoms in total. The highest BCUT2D eigenvalue weighted by Gasteiger charge is 2.25. The number of carboxylic acid groups (broad SMARTS) is 1. The molecule has 7 heteroatoms. The van der Waals surface area contributed by atoms with E-state index in [9.17, 15) is 9.59 Å². The Morgan fingerprint density at radius 1 is 1.19 bits per heavy atom. The van der Waals surface area contributed by atoms with E-state index in [0.717, 1.165) is 11.3 Å². The number of nitrogens with one attached hydrogen (secondary N) is 1. The van der Waals surface area contributed by atoms with E-state index >= 15 is 0 Å². The highest BCUT2D eigenvalue weighted by atomic mass is 16.5. The topological polar surface area (TPSA) is 94.1 Å². The van der Waals surface area contributed by atoms with Gasteiger partial charge in [0.25, 0.3) is 5.91 Å². The number of aliphatic carboxylic acids is 1. The fraction of sp³-hybridized carbons (Fsp3) is 0.263. The Bertz CT molecular complexity index is 819. The molecule has 0 aliphatic carbocycles. The number of rotatable bonds is 7. The second kappa shape index (κ2) is 7.77. The third kappa shape index (κ3) is 3.88. The molecule has 0 radical (unpaired) electrons. The summed E-state index contributed by atoms with van der Waals surface area (Å²) in [5, 5.41) is 11.7. The lowest BCUT2D eigenvalue weighted by atomic mass is 10.1. The molecule has 2 aromatic rings. The van der Waals surface area contributed by atoms with Crippen LogP contribution in [0.4, 0.5) is 0 Å². The van der Waals surface area contributed by atoms with Crippen LogP contribution in [0.5, 0.6) is 17.2 Å². The van der Waals surface area contributed by atoms with E-state index < -0.39 is 12.6 Å². The van der Waals surface area contributed by atoms with E-state index in [1.165, 1.54) is 12.1 Å². The van der Waals surface area contributed by atoms with Crippen molar-refractivity contribution in [3.05, 3.63) is 53.6 Å². The normalized spacial score (nSPS) is 14.9. The van der Waals surface area contributed by atoms with Gasteiger partial charge in [-0.1, -0.05) is 18.2 Å². The Morgan fingerprint density at radius 2 is 2.00 bits per heavy atom. The molecule has 2 N–H and O–H groups in total. The Balaban J connectivity index is 1.75. The van der Waals surface area contributed by atoms with Crippen LogP contribution in [0.1, 0.15) is 28.9 Å². The maximum absolute atomic E-state index is 12.6. The Hall–Kier alpha value is -3.22. The zero-order chi connectivity index (χ0) is 18.5. The van der Waals surface area contributed by atoms with Gasteiger partial charge in [-0.05, 0) is 31.2 Å². The first-order valence-corrected chi connectivity index (χ1v) is 8.22. The molecule has 3 rings (SSSR count). The van der Waals surface area contributed by atoms with Crippen molar-refractivity contribution in [2.45, 2.75) is 13.0 Å². The van der Waals surface area contributed by atoms with E-state index in [1.54, 1.807) is 13.0 Å². The van der Waals surface area contributed by atoms with Gasteiger partial charge < -0.3 is 24.6 Å². The van der Waals surface area contributed by atoms with Crippen LogP contribution in [0.15, 0.2) is 42.5 Å². The molecular formula is C19H19NO6. The molecule has 1 aliphatic rings. The maximum atomic E-state index is 12.6. The fourth-order valence-corrected chi connectivity index (χ4v) is 2.70. The third-order valence-corrected chi connectivity index (χ3v) is 3.86. The average Bonchev–Trinajstić information content (AvgIpc) is 3.04. The van der Waals surface area contributed by atoms with Crippen LogP contribution in [0.25, 0.3) is 0 Å². The van der Waals surface area contributed by atoms with Crippen LogP contribution in [0.2, 0.25) is 0 Å². The molecule has 0 unspecified atom stereocenters. The lowest BCUT2D eigenvalue weighted by Crippen LogP contribution is -2.29. The van der Waals surface area contributed by atoms with Gasteiger partial charge in [0.2, 0.25) is 0 Å². The van der Waals surface area contributed by atoms with Gasteiger partial charge in [0.05, 0.1) is 12.6 Å². The number of fused-ring (bicyclic) bond motifs is 1. The molecule has 1 atom stereocenters. The van der Waals surface area contributed by atoms with Gasteiger partial charge in [0.1, 0.15) is 12.4 Å². The quantitative estimate of drug-likeness (QED) is 0.790. The van der Waals surface area contributed by atoms with Crippen LogP contribution in [0, 0.1) is 0 Å². The number of carboxylic acids is 1. The second-order valence-electron chi connectivity index (χ2n) is 5.65. The number of benzene rings is 2. The minimum absolute atomic E-state index is 0.225. The van der Waals surface area contributed by atoms with Gasteiger partial charge >= 0.3 is 5.97 Å². The lowest BCUT2D eigenvalue weighted by Gasteiger charge is -2.14. The summed E-state index contributed by atoms with van der Waals surface area (Å²) in [6.45, 7) is 2.05. The summed E-state index contributed by atoms with van der Waals surface area (Å²) in [4.78, 5) is 23.3. The number of amides is 1. The summed E-state index contributed by atoms with van der Waals surface area (Å²) in [5.74, 6) is 0.00486. The number of para-hydroxylation sites is 1. The fourth-order valence-electron chi connectivity index (χ4n) is 2.70. The molecular weight excluding hydrogens is 338 g/mol. The molecule has 0 spiro atoms. The van der Waals surface area contributed by atoms with E-state index in [2.05, 4.69) is 5.32 Å². The van der Waals surface area contributed by atoms with E-state index in [-0.39, 0.29) is 17.7 Å². The van der Waals surface area contributed by atoms with Crippen molar-refractivity contribution in [3.8, 4) is 17.2 Å². The van der Waals surface area contributed by atoms with Crippen molar-refractivity contribution >= 4 is 11.9 Å². The molecule has 0 bridgehead atoms. The average molecular weight is 357 g/mol. The standard InChI is InChI=1S/C19H19NO6/c1-2-24-17-9-12(7-8-16(17)26-11-18(21)22)19(23)20-14-10-25-15-6-4-3-5-13(14)15/h3-9,14H,2,10-11H2,1H3,(H,20,23)(H,21,22)/t14-/m0/s1. The van der Waals surface area contributed by atoms with Gasteiger partial charge in [-0.15, -0.1) is 0 Å². The van der Waals surface area contributed by atoms with Crippen molar-refractivity contribution in [2.75, 3.05) is 19.8 Å². The summed E-state index contributed by atoms with van der Waals surface area (Å²) in [6, 6.07) is 12.0. The summed E-state index contributed by atoms with van der Waals surface area (Å²) >= 11 is 0. The van der Waals surface area contributed by atoms with Crippen molar-refractivity contribution in [3.63, 3.8) is 0 Å². The van der Waals surface area contributed by atoms with Crippen LogP contribution in [0.3, 0.4) is 0 Å². The van der Waals surface area contributed by atoms with Gasteiger partial charge in [0.15, 0.2) is 18.1 Å². The number of hydrogen-bond acceptors (Lipinski definition) is 5. The van der Waals surface area contributed by atoms with E-state index in [1.807, 2.05) is 24.3 Å². The number of hydrogen-bond donors (Lipinski definition) is 2. The third-order valence-electron chi connectivity index (χ3n) is 3.86. The maximum Gasteiger partial charge on any atom is 0.341 e. The number of ether oxygens (including phenoxy) is 3. The van der Waals surface area contributed by atoms with Crippen LogP contribution in [-0.4, -0.2) is 36.8 Å². The van der Waals surface area contributed by atoms with Crippen LogP contribution in [-0.2, 0) is 4.79 Å². The number of carbonyl (C=O) groups is 2. The molecule has 1 heterocycles. The summed E-state index contributed by atoms with van der Waals surface area (Å²) in [7, 11) is 0. The molecule has 0 saturated carbocycles. The number of carbonyl (C=O) groups excluding carboxylic acids is 1. The first-order chi connectivity index (χ1) is 12.6. The van der Waals surface area contributed by atoms with Crippen LogP contribution < -0.4 is 19.5 Å². The van der Waals surface area contributed by atoms with Crippen molar-refractivity contribution in [2.24, 2.45) is 0 Å². The van der Waals surface area contributed by atoms with Crippen molar-refractivity contribution in [1.29, 1.82) is 0 Å². The smallest absolute Gasteiger partial charge is 0.341 e. The lowest BCUT2D eigenvalue weighted by molar-refractivity contribution is -0.139. The van der Waals surface area contributed by atoms with Gasteiger partial charge in [-0.3, -0.25) is 4.79 Å². The highest BCUT2D eigenvalue weighted by Crippen LogP contribution is 2.32. The van der Waals surface area contributed by atoms with Gasteiger partial charge in [-0.25, -0.2) is 4.79 Å². The summed E-state index contributed by atoms with van der Waals surface area (Å²) in [6.07, 6.45) is 0. The summed E-state index contributed by atoms with van der Waals surface area (Å²) in [5.41, 5.74) is 1.33. The molecule has 0 aromatic heterocycles. The zero-order valence-electron chi connectivity index (χ0n) is 14.2. The van der Waals surface area contributed by atoms with Crippen molar-refractivity contribution < 1.29 is 28.9 Å². The monoisotopic (exact) mass is 357 g/mol. The minimum Gasteiger partial charge on any atom is -0.491 e. The Kier molecular flexibility index (Phi) is 5.26. The zero-order valence-corrected chi connectivity index (χ0v) is 14.2. The SMILES string of the molecule is CCOc1cc(C(=O)N[C@H]2COc3ccccc32)ccc1OCC(=O)O. The second-order valence-corrected chi connectivity index (χ2v) is 5.65. The van der Waals surface area contributed by atoms with E-state index in [0.29, 0.717) is 24.5 Å². The predicted octanol–water partition coefficient (Wildman–Crippen LogP) is 2.41. The van der Waals surface area contributed by atoms with Gasteiger partial charge in [-0.2, -0.15) is 0 Å². The van der Waals surface area contributed by atoms with Crippen LogP contribution >= 0.6 is 0 Å². The molecule has 1 amide bonds. The van der Waals surface area contributed by atoms with Gasteiger partial charge in [0, 0.05) is 11.1 Å². The summed E-state index contributed by atoms with van der Waals surface area (Å²) < 4.78 is 16.2. The van der Waals surface area contributed by atoms with E-state index in [4.69, 9.17) is 19.3 Å². The molecule has 2 aromatic carbocycles. The minimum atomic E-state index is -1.09. The molecule has 136 valence electrons. The first kappa shape index (κ1) is 17.6. The Labute approximate surface area is 150 Å². The largest absolute Gasteiger partial charge is 0.491 e. The molecule has 26 heavy (non-hydrogen) atoms. The molecule has 1 aliphatic heterocycles.